The van der Waals surface area contributed by atoms with E-state index in [0.29, 0.717) is 12.1 Å². The minimum Gasteiger partial charge on any atom is -0.341 e. The Morgan fingerprint density at radius 3 is 3.00 bits per heavy atom. The van der Waals surface area contributed by atoms with Gasteiger partial charge in [-0.2, -0.15) is 5.26 Å². The molecule has 2 unspecified atom stereocenters. The maximum atomic E-state index is 12.4. The van der Waals surface area contributed by atoms with Crippen LogP contribution in [0.1, 0.15) is 36.8 Å². The number of rotatable bonds is 3. The Morgan fingerprint density at radius 2 is 2.30 bits per heavy atom. The van der Waals surface area contributed by atoms with E-state index in [1.165, 1.54) is 0 Å². The van der Waals surface area contributed by atoms with Crippen LogP contribution in [0.2, 0.25) is 0 Å². The predicted molar refractivity (Wildman–Crippen MR) is 77.6 cm³/mol. The van der Waals surface area contributed by atoms with E-state index in [9.17, 15) is 4.79 Å². The molecule has 1 amide bonds. The lowest BCUT2D eigenvalue weighted by Crippen LogP contribution is -2.38. The molecule has 0 aromatic heterocycles. The molecule has 1 fully saturated rings. The summed E-state index contributed by atoms with van der Waals surface area (Å²) in [6.07, 6.45) is 3.80. The Labute approximate surface area is 120 Å². The molecule has 0 bridgehead atoms. The molecular weight excluding hydrogens is 250 g/mol. The fraction of sp³-hybridized carbons (Fsp3) is 0.500. The predicted octanol–water partition coefficient (Wildman–Crippen LogP) is 2.03. The van der Waals surface area contributed by atoms with Gasteiger partial charge < -0.3 is 10.6 Å². The van der Waals surface area contributed by atoms with E-state index in [-0.39, 0.29) is 17.9 Å². The molecule has 4 nitrogen and oxygen atoms in total. The van der Waals surface area contributed by atoms with Gasteiger partial charge in [-0.1, -0.05) is 18.6 Å². The molecule has 0 saturated heterocycles. The van der Waals surface area contributed by atoms with Gasteiger partial charge in [-0.05, 0) is 37.0 Å². The summed E-state index contributed by atoms with van der Waals surface area (Å²) in [5.74, 6) is 0.227. The largest absolute Gasteiger partial charge is 0.341 e. The summed E-state index contributed by atoms with van der Waals surface area (Å²) in [6.45, 7) is 0.542. The van der Waals surface area contributed by atoms with Gasteiger partial charge in [0.2, 0.25) is 5.91 Å². The van der Waals surface area contributed by atoms with Crippen molar-refractivity contribution in [2.75, 3.05) is 7.05 Å². The SMILES string of the molecule is CN(Cc1cccc(C#N)c1)C(=O)C1CCCC(N)C1. The highest BCUT2D eigenvalue weighted by Gasteiger charge is 2.27. The van der Waals surface area contributed by atoms with Crippen LogP contribution in [0.4, 0.5) is 0 Å². The van der Waals surface area contributed by atoms with Crippen LogP contribution in [0.25, 0.3) is 0 Å². The minimum absolute atomic E-state index is 0.0582. The van der Waals surface area contributed by atoms with E-state index in [0.717, 1.165) is 31.2 Å². The maximum Gasteiger partial charge on any atom is 0.225 e. The quantitative estimate of drug-likeness (QED) is 0.914. The van der Waals surface area contributed by atoms with Crippen molar-refractivity contribution >= 4 is 5.91 Å². The Hall–Kier alpha value is -1.86. The number of nitrogens with zero attached hydrogens (tertiary/aromatic N) is 2. The zero-order valence-corrected chi connectivity index (χ0v) is 11.9. The second-order valence-corrected chi connectivity index (χ2v) is 5.63. The third-order valence-electron chi connectivity index (χ3n) is 3.92. The van der Waals surface area contributed by atoms with Gasteiger partial charge >= 0.3 is 0 Å². The number of hydrogen-bond donors (Lipinski definition) is 1. The monoisotopic (exact) mass is 271 g/mol. The Balaban J connectivity index is 1.98. The van der Waals surface area contributed by atoms with Crippen LogP contribution in [0.5, 0.6) is 0 Å². The Bertz CT molecular complexity index is 521. The summed E-state index contributed by atoms with van der Waals surface area (Å²) < 4.78 is 0. The highest BCUT2D eigenvalue weighted by atomic mass is 16.2. The molecule has 4 heteroatoms. The van der Waals surface area contributed by atoms with Gasteiger partial charge in [0, 0.05) is 25.6 Å². The lowest BCUT2D eigenvalue weighted by molar-refractivity contribution is -0.135. The van der Waals surface area contributed by atoms with Crippen LogP contribution in [0.3, 0.4) is 0 Å². The number of carbonyl (C=O) groups is 1. The molecule has 0 aliphatic heterocycles. The van der Waals surface area contributed by atoms with Crippen molar-refractivity contribution in [3.63, 3.8) is 0 Å². The molecule has 1 aromatic carbocycles. The normalized spacial score (nSPS) is 22.1. The van der Waals surface area contributed by atoms with Crippen molar-refractivity contribution in [1.29, 1.82) is 5.26 Å². The molecule has 1 saturated carbocycles. The standard InChI is InChI=1S/C16H21N3O/c1-19(11-13-5-2-4-12(8-13)10-17)16(20)14-6-3-7-15(18)9-14/h2,4-5,8,14-15H,3,6-7,9,11,18H2,1H3. The summed E-state index contributed by atoms with van der Waals surface area (Å²) in [6, 6.07) is 9.67. The zero-order chi connectivity index (χ0) is 14.5. The third kappa shape index (κ3) is 3.58. The van der Waals surface area contributed by atoms with E-state index in [4.69, 9.17) is 11.0 Å². The summed E-state index contributed by atoms with van der Waals surface area (Å²) in [5, 5.41) is 8.89. The number of nitriles is 1. The number of nitrogens with two attached hydrogens (primary N) is 1. The lowest BCUT2D eigenvalue weighted by atomic mass is 9.85. The van der Waals surface area contributed by atoms with Gasteiger partial charge in [0.05, 0.1) is 11.6 Å². The van der Waals surface area contributed by atoms with Crippen LogP contribution in [0, 0.1) is 17.2 Å². The van der Waals surface area contributed by atoms with Crippen molar-refractivity contribution in [2.45, 2.75) is 38.3 Å². The highest BCUT2D eigenvalue weighted by Crippen LogP contribution is 2.25. The van der Waals surface area contributed by atoms with Crippen molar-refractivity contribution in [3.8, 4) is 6.07 Å². The van der Waals surface area contributed by atoms with E-state index in [1.54, 1.807) is 11.0 Å². The number of amides is 1. The first-order valence-electron chi connectivity index (χ1n) is 7.09. The van der Waals surface area contributed by atoms with Crippen LogP contribution in [-0.4, -0.2) is 23.9 Å². The number of benzene rings is 1. The molecule has 1 aliphatic carbocycles. The molecule has 1 aromatic rings. The van der Waals surface area contributed by atoms with Crippen molar-refractivity contribution < 1.29 is 4.79 Å². The Morgan fingerprint density at radius 1 is 1.50 bits per heavy atom. The third-order valence-corrected chi connectivity index (χ3v) is 3.92. The van der Waals surface area contributed by atoms with Crippen LogP contribution in [0.15, 0.2) is 24.3 Å². The van der Waals surface area contributed by atoms with Crippen LogP contribution < -0.4 is 5.73 Å². The summed E-state index contributed by atoms with van der Waals surface area (Å²) in [5.41, 5.74) is 7.56. The lowest BCUT2D eigenvalue weighted by Gasteiger charge is -2.29. The van der Waals surface area contributed by atoms with E-state index in [2.05, 4.69) is 6.07 Å². The summed E-state index contributed by atoms with van der Waals surface area (Å²) in [4.78, 5) is 14.2. The van der Waals surface area contributed by atoms with Gasteiger partial charge in [0.15, 0.2) is 0 Å². The highest BCUT2D eigenvalue weighted by molar-refractivity contribution is 5.78. The smallest absolute Gasteiger partial charge is 0.225 e. The number of carbonyl (C=O) groups excluding carboxylic acids is 1. The average molecular weight is 271 g/mol. The van der Waals surface area contributed by atoms with Crippen molar-refractivity contribution in [3.05, 3.63) is 35.4 Å². The molecule has 0 spiro atoms. The molecule has 2 N–H and O–H groups in total. The van der Waals surface area contributed by atoms with Crippen LogP contribution in [-0.2, 0) is 11.3 Å². The minimum atomic E-state index is 0.0582. The van der Waals surface area contributed by atoms with Gasteiger partial charge in [0.25, 0.3) is 0 Å². The summed E-state index contributed by atoms with van der Waals surface area (Å²) in [7, 11) is 1.82. The van der Waals surface area contributed by atoms with E-state index >= 15 is 0 Å². The molecule has 1 aliphatic rings. The van der Waals surface area contributed by atoms with E-state index < -0.39 is 0 Å². The maximum absolute atomic E-state index is 12.4. The molecular formula is C16H21N3O. The fourth-order valence-corrected chi connectivity index (χ4v) is 2.85. The molecule has 2 rings (SSSR count). The average Bonchev–Trinajstić information content (AvgIpc) is 2.46. The first-order chi connectivity index (χ1) is 9.60. The molecule has 0 heterocycles. The van der Waals surface area contributed by atoms with Gasteiger partial charge in [-0.3, -0.25) is 4.79 Å². The second-order valence-electron chi connectivity index (χ2n) is 5.63. The Kier molecular flexibility index (Phi) is 4.75. The fourth-order valence-electron chi connectivity index (χ4n) is 2.85. The van der Waals surface area contributed by atoms with Crippen LogP contribution >= 0.6 is 0 Å². The number of hydrogen-bond acceptors (Lipinski definition) is 3. The molecule has 0 radical (unpaired) electrons. The van der Waals surface area contributed by atoms with Gasteiger partial charge in [-0.25, -0.2) is 0 Å². The second kappa shape index (κ2) is 6.53. The zero-order valence-electron chi connectivity index (χ0n) is 11.9. The molecule has 106 valence electrons. The topological polar surface area (TPSA) is 70.1 Å². The van der Waals surface area contributed by atoms with Gasteiger partial charge in [-0.15, -0.1) is 0 Å². The van der Waals surface area contributed by atoms with E-state index in [1.807, 2.05) is 25.2 Å². The molecule has 2 atom stereocenters. The first kappa shape index (κ1) is 14.5. The molecule has 20 heavy (non-hydrogen) atoms. The van der Waals surface area contributed by atoms with Crippen molar-refractivity contribution in [1.82, 2.24) is 4.90 Å². The first-order valence-corrected chi connectivity index (χ1v) is 7.09. The summed E-state index contributed by atoms with van der Waals surface area (Å²) >= 11 is 0. The van der Waals surface area contributed by atoms with Crippen molar-refractivity contribution in [2.24, 2.45) is 11.7 Å². The van der Waals surface area contributed by atoms with Gasteiger partial charge in [0.1, 0.15) is 0 Å².